The summed E-state index contributed by atoms with van der Waals surface area (Å²) in [7, 11) is 2.19. The minimum absolute atomic E-state index is 0.00471. The van der Waals surface area contributed by atoms with Gasteiger partial charge in [-0.15, -0.1) is 11.3 Å². The van der Waals surface area contributed by atoms with E-state index in [0.29, 0.717) is 41.1 Å². The largest absolute Gasteiger partial charge is 0.389 e. The maximum Gasteiger partial charge on any atom is 0.186 e. The number of aromatic nitrogens is 5. The normalized spacial score (nSPS) is 29.2. The zero-order valence-corrected chi connectivity index (χ0v) is 28.2. The van der Waals surface area contributed by atoms with Crippen molar-refractivity contribution < 1.29 is 9.63 Å². The molecule has 3 N–H and O–H groups in total. The highest BCUT2D eigenvalue weighted by Crippen LogP contribution is 2.55. The maximum atomic E-state index is 11.2. The van der Waals surface area contributed by atoms with Crippen molar-refractivity contribution in [1.29, 1.82) is 5.26 Å². The molecule has 4 aromatic rings. The van der Waals surface area contributed by atoms with Crippen LogP contribution in [0.3, 0.4) is 0 Å². The second kappa shape index (κ2) is 10.1. The third-order valence-corrected chi connectivity index (χ3v) is 13.0. The Hall–Kier alpha value is -3.79. The fourth-order valence-electron chi connectivity index (χ4n) is 9.67. The van der Waals surface area contributed by atoms with E-state index in [-0.39, 0.29) is 12.1 Å². The number of hydrogen-bond acceptors (Lipinski definition) is 11. The van der Waals surface area contributed by atoms with Gasteiger partial charge in [-0.25, -0.2) is 14.6 Å². The Labute approximate surface area is 278 Å². The predicted molar refractivity (Wildman–Crippen MR) is 181 cm³/mol. The Bertz CT molecular complexity index is 2010. The smallest absolute Gasteiger partial charge is 0.186 e. The lowest BCUT2D eigenvalue weighted by Gasteiger charge is -2.46. The molecular weight excluding hydrogens is 611 g/mol. The molecule has 0 bridgehead atoms. The van der Waals surface area contributed by atoms with Gasteiger partial charge in [0.05, 0.1) is 34.0 Å². The number of nitrogens with two attached hydrogens (primary N) is 1. The van der Waals surface area contributed by atoms with Gasteiger partial charge in [-0.3, -0.25) is 0 Å². The third kappa shape index (κ3) is 4.03. The van der Waals surface area contributed by atoms with Gasteiger partial charge >= 0.3 is 0 Å². The van der Waals surface area contributed by atoms with Crippen molar-refractivity contribution in [2.24, 2.45) is 0 Å². The number of fused-ring (bicyclic) bond motifs is 6. The van der Waals surface area contributed by atoms with E-state index in [4.69, 9.17) is 30.5 Å². The van der Waals surface area contributed by atoms with Crippen LogP contribution in [-0.2, 0) is 18.3 Å². The van der Waals surface area contributed by atoms with Crippen molar-refractivity contribution in [3.05, 3.63) is 39.6 Å². The highest BCUT2D eigenvalue weighted by molar-refractivity contribution is 7.16. The number of aryl methyl sites for hydroxylation is 1. The molecule has 244 valence electrons. The molecule has 47 heavy (non-hydrogen) atoms. The molecule has 12 heteroatoms. The Morgan fingerprint density at radius 1 is 1.15 bits per heavy atom. The summed E-state index contributed by atoms with van der Waals surface area (Å²) in [5.74, 6) is 2.15. The quantitative estimate of drug-likeness (QED) is 0.297. The minimum Gasteiger partial charge on any atom is -0.389 e. The van der Waals surface area contributed by atoms with E-state index in [0.717, 1.165) is 103 Å². The van der Waals surface area contributed by atoms with Crippen LogP contribution in [0.25, 0.3) is 28.1 Å². The topological polar surface area (TPSA) is 146 Å². The standard InChI is InChI=1S/C35H41N9O2S/c1-18-22-11-14-34(3,45)17-43(22)32-25-27(18)40-44(19(2)23-9-7-15-42(23)4)33(25)39-31(38-32)28-20-8-5-12-35(29(20)46-41-28)13-6-10-24-26(35)21(16-36)30(37)47-24/h19,22-23,45H,1,5-15,17,37H2,2-4H3. The van der Waals surface area contributed by atoms with Crippen molar-refractivity contribution in [3.8, 4) is 17.6 Å². The fourth-order valence-corrected chi connectivity index (χ4v) is 10.8. The first-order valence-corrected chi connectivity index (χ1v) is 17.9. The average Bonchev–Trinajstić information content (AvgIpc) is 3.83. The van der Waals surface area contributed by atoms with Gasteiger partial charge in [0.1, 0.15) is 22.6 Å². The van der Waals surface area contributed by atoms with Crippen LogP contribution in [0.15, 0.2) is 11.1 Å². The second-order valence-corrected chi connectivity index (χ2v) is 16.0. The lowest BCUT2D eigenvalue weighted by atomic mass is 9.63. The Morgan fingerprint density at radius 2 is 1.96 bits per heavy atom. The minimum atomic E-state index is -0.847. The molecule has 4 aromatic heterocycles. The summed E-state index contributed by atoms with van der Waals surface area (Å²) in [6, 6.07) is 2.86. The lowest BCUT2D eigenvalue weighted by Crippen LogP contribution is -2.53. The number of hydrogen-bond donors (Lipinski definition) is 2. The molecule has 5 aliphatic rings. The average molecular weight is 652 g/mol. The molecule has 2 fully saturated rings. The van der Waals surface area contributed by atoms with Crippen LogP contribution in [0.4, 0.5) is 10.8 Å². The van der Waals surface area contributed by atoms with E-state index in [1.807, 2.05) is 6.92 Å². The highest BCUT2D eigenvalue weighted by atomic mass is 32.1. The predicted octanol–water partition coefficient (Wildman–Crippen LogP) is 5.36. The van der Waals surface area contributed by atoms with Gasteiger partial charge in [0, 0.05) is 23.0 Å². The van der Waals surface area contributed by atoms with E-state index in [2.05, 4.69) is 41.1 Å². The monoisotopic (exact) mass is 651 g/mol. The first kappa shape index (κ1) is 29.4. The van der Waals surface area contributed by atoms with E-state index >= 15 is 0 Å². The summed E-state index contributed by atoms with van der Waals surface area (Å²) < 4.78 is 8.46. The summed E-state index contributed by atoms with van der Waals surface area (Å²) in [5.41, 5.74) is 11.1. The number of thiophene rings is 1. The molecule has 0 amide bonds. The summed E-state index contributed by atoms with van der Waals surface area (Å²) in [6.07, 6.45) is 9.21. The van der Waals surface area contributed by atoms with E-state index in [1.165, 1.54) is 11.3 Å². The molecule has 0 saturated carbocycles. The van der Waals surface area contributed by atoms with Gasteiger partial charge < -0.3 is 25.2 Å². The van der Waals surface area contributed by atoms with Crippen LogP contribution in [0.2, 0.25) is 0 Å². The van der Waals surface area contributed by atoms with Crippen molar-refractivity contribution in [1.82, 2.24) is 29.8 Å². The molecule has 9 rings (SSSR count). The fraction of sp³-hybridized carbons (Fsp3) is 0.571. The Balaban J connectivity index is 1.25. The maximum absolute atomic E-state index is 11.2. The van der Waals surface area contributed by atoms with Gasteiger partial charge in [-0.1, -0.05) is 11.7 Å². The van der Waals surface area contributed by atoms with E-state index in [9.17, 15) is 10.4 Å². The zero-order chi connectivity index (χ0) is 32.4. The van der Waals surface area contributed by atoms with Crippen molar-refractivity contribution >= 4 is 38.8 Å². The van der Waals surface area contributed by atoms with Crippen LogP contribution in [-0.4, -0.2) is 72.7 Å². The number of aliphatic hydroxyl groups is 1. The number of likely N-dealkylation sites (N-methyl/N-ethyl adjacent to an activating group) is 1. The second-order valence-electron chi connectivity index (χ2n) is 14.9. The number of nitrogens with zero attached hydrogens (tertiary/aromatic N) is 8. The summed E-state index contributed by atoms with van der Waals surface area (Å²) in [5, 5.41) is 32.9. The molecule has 2 aliphatic carbocycles. The number of rotatable bonds is 3. The summed E-state index contributed by atoms with van der Waals surface area (Å²) in [6.45, 7) is 10.2. The number of nitriles is 1. The van der Waals surface area contributed by atoms with Crippen molar-refractivity contribution in [2.75, 3.05) is 30.8 Å². The SMILES string of the molecule is C=C1c2nn(C(C)C3CCCN3C)c3nc(-c4noc5c4CCCC54CCCc5sc(N)c(C#N)c54)nc(c23)N2CC(C)(O)CCC12. The number of anilines is 2. The Morgan fingerprint density at radius 3 is 2.72 bits per heavy atom. The molecule has 0 radical (unpaired) electrons. The first-order valence-electron chi connectivity index (χ1n) is 17.1. The third-order valence-electron chi connectivity index (χ3n) is 11.9. The van der Waals surface area contributed by atoms with E-state index in [1.54, 1.807) is 11.3 Å². The molecule has 3 aliphatic heterocycles. The first-order chi connectivity index (χ1) is 22.6. The zero-order valence-electron chi connectivity index (χ0n) is 27.3. The number of piperidine rings is 1. The van der Waals surface area contributed by atoms with Gasteiger partial charge in [0.2, 0.25) is 0 Å². The van der Waals surface area contributed by atoms with Crippen LogP contribution >= 0.6 is 11.3 Å². The van der Waals surface area contributed by atoms with Gasteiger partial charge in [-0.2, -0.15) is 10.4 Å². The number of nitrogen functional groups attached to an aromatic ring is 1. The summed E-state index contributed by atoms with van der Waals surface area (Å²) in [4.78, 5) is 16.4. The van der Waals surface area contributed by atoms with Gasteiger partial charge in [0.15, 0.2) is 22.9 Å². The van der Waals surface area contributed by atoms with E-state index < -0.39 is 11.0 Å². The lowest BCUT2D eigenvalue weighted by molar-refractivity contribution is 0.0403. The van der Waals surface area contributed by atoms with Crippen LogP contribution in [0.5, 0.6) is 0 Å². The van der Waals surface area contributed by atoms with Crippen molar-refractivity contribution in [3.63, 3.8) is 0 Å². The van der Waals surface area contributed by atoms with Crippen LogP contribution in [0.1, 0.15) is 104 Å². The van der Waals surface area contributed by atoms with Crippen molar-refractivity contribution in [2.45, 2.75) is 107 Å². The molecule has 5 atom stereocenters. The molecule has 5 unspecified atom stereocenters. The Kier molecular flexibility index (Phi) is 6.31. The van der Waals surface area contributed by atoms with Gasteiger partial charge in [-0.05, 0) is 103 Å². The highest BCUT2D eigenvalue weighted by Gasteiger charge is 2.49. The molecule has 1 spiro atoms. The molecule has 7 heterocycles. The molecule has 0 aromatic carbocycles. The van der Waals surface area contributed by atoms with Gasteiger partial charge in [0.25, 0.3) is 0 Å². The molecular formula is C35H41N9O2S. The summed E-state index contributed by atoms with van der Waals surface area (Å²) >= 11 is 1.55. The molecule has 11 nitrogen and oxygen atoms in total. The number of likely N-dealkylation sites (tertiary alicyclic amines) is 1. The van der Waals surface area contributed by atoms with Crippen LogP contribution in [0, 0.1) is 11.3 Å². The van der Waals surface area contributed by atoms with Crippen LogP contribution < -0.4 is 10.6 Å². The molecule has 2 saturated heterocycles.